The standard InChI is InChI=1S/C25H25ClN6O/c1-17-13-23(31-30-17)28-25-21-15-32(14-18-5-3-2-4-6-18)12-11-22(21)27-24(29-25)16-33-20-9-7-19(26)8-10-20/h2-10,13H,11-12,14-16H2,1H3,(H2,27,28,29,30,31). The maximum absolute atomic E-state index is 5.97. The van der Waals surface area contributed by atoms with Gasteiger partial charge in [-0.15, -0.1) is 0 Å². The molecular weight excluding hydrogens is 436 g/mol. The van der Waals surface area contributed by atoms with Gasteiger partial charge in [0, 0.05) is 48.4 Å². The smallest absolute Gasteiger partial charge is 0.168 e. The summed E-state index contributed by atoms with van der Waals surface area (Å²) in [7, 11) is 0. The summed E-state index contributed by atoms with van der Waals surface area (Å²) in [5.41, 5.74) is 4.44. The summed E-state index contributed by atoms with van der Waals surface area (Å²) in [5.74, 6) is 2.87. The van der Waals surface area contributed by atoms with E-state index in [1.807, 2.05) is 31.2 Å². The van der Waals surface area contributed by atoms with Crippen LogP contribution in [0.2, 0.25) is 5.02 Å². The lowest BCUT2D eigenvalue weighted by atomic mass is 10.0. The SMILES string of the molecule is Cc1cc(Nc2nc(COc3ccc(Cl)cc3)nc3c2CN(Cc2ccccc2)CC3)n[nH]1. The third kappa shape index (κ3) is 5.32. The number of H-pyrrole nitrogens is 1. The van der Waals surface area contributed by atoms with Gasteiger partial charge in [-0.1, -0.05) is 41.9 Å². The Kier molecular flexibility index (Phi) is 6.24. The van der Waals surface area contributed by atoms with Crippen molar-refractivity contribution in [2.24, 2.45) is 0 Å². The molecule has 0 saturated heterocycles. The molecule has 5 rings (SSSR count). The first-order valence-electron chi connectivity index (χ1n) is 10.9. The molecule has 2 aromatic carbocycles. The molecule has 2 N–H and O–H groups in total. The van der Waals surface area contributed by atoms with Gasteiger partial charge in [-0.2, -0.15) is 5.10 Å². The van der Waals surface area contributed by atoms with E-state index in [2.05, 4.69) is 44.7 Å². The number of aryl methyl sites for hydroxylation is 1. The van der Waals surface area contributed by atoms with Gasteiger partial charge in [-0.05, 0) is 36.8 Å². The number of hydrogen-bond acceptors (Lipinski definition) is 6. The minimum absolute atomic E-state index is 0.275. The minimum atomic E-state index is 0.275. The van der Waals surface area contributed by atoms with Crippen LogP contribution in [0.5, 0.6) is 5.75 Å². The Morgan fingerprint density at radius 3 is 2.67 bits per heavy atom. The molecule has 0 atom stereocenters. The Bertz CT molecular complexity index is 1230. The largest absolute Gasteiger partial charge is 0.486 e. The lowest BCUT2D eigenvalue weighted by Gasteiger charge is -2.29. The summed E-state index contributed by atoms with van der Waals surface area (Å²) in [5, 5.41) is 11.4. The van der Waals surface area contributed by atoms with Gasteiger partial charge in [0.05, 0.1) is 5.69 Å². The molecule has 0 unspecified atom stereocenters. The van der Waals surface area contributed by atoms with E-state index in [0.29, 0.717) is 10.8 Å². The van der Waals surface area contributed by atoms with Crippen molar-refractivity contribution in [3.05, 3.63) is 94.0 Å². The second-order valence-corrected chi connectivity index (χ2v) is 8.60. The predicted octanol–water partition coefficient (Wildman–Crippen LogP) is 5.04. The number of rotatable bonds is 7. The third-order valence-electron chi connectivity index (χ3n) is 5.57. The maximum atomic E-state index is 5.97. The molecule has 1 aliphatic heterocycles. The predicted molar refractivity (Wildman–Crippen MR) is 129 cm³/mol. The number of aromatic nitrogens is 4. The summed E-state index contributed by atoms with van der Waals surface area (Å²) in [6.07, 6.45) is 0.854. The first-order chi connectivity index (χ1) is 16.1. The molecule has 7 nitrogen and oxygen atoms in total. The molecule has 0 bridgehead atoms. The zero-order valence-electron chi connectivity index (χ0n) is 18.4. The summed E-state index contributed by atoms with van der Waals surface area (Å²) in [6.45, 7) is 4.85. The van der Waals surface area contributed by atoms with E-state index >= 15 is 0 Å². The van der Waals surface area contributed by atoms with Gasteiger partial charge < -0.3 is 10.1 Å². The zero-order valence-corrected chi connectivity index (χ0v) is 19.1. The van der Waals surface area contributed by atoms with Crippen LogP contribution in [0.3, 0.4) is 0 Å². The molecule has 8 heteroatoms. The van der Waals surface area contributed by atoms with Crippen LogP contribution in [0.4, 0.5) is 11.6 Å². The lowest BCUT2D eigenvalue weighted by molar-refractivity contribution is 0.241. The number of nitrogens with one attached hydrogen (secondary N) is 2. The van der Waals surface area contributed by atoms with Crippen molar-refractivity contribution in [3.63, 3.8) is 0 Å². The molecule has 4 aromatic rings. The second kappa shape index (κ2) is 9.60. The highest BCUT2D eigenvalue weighted by Crippen LogP contribution is 2.27. The number of ether oxygens (including phenoxy) is 1. The zero-order chi connectivity index (χ0) is 22.6. The Balaban J connectivity index is 1.39. The van der Waals surface area contributed by atoms with Crippen molar-refractivity contribution in [2.45, 2.75) is 33.0 Å². The molecular formula is C25H25ClN6O. The molecule has 0 fully saturated rings. The third-order valence-corrected chi connectivity index (χ3v) is 5.82. The highest BCUT2D eigenvalue weighted by Gasteiger charge is 2.23. The monoisotopic (exact) mass is 460 g/mol. The quantitative estimate of drug-likeness (QED) is 0.402. The van der Waals surface area contributed by atoms with Crippen molar-refractivity contribution in [2.75, 3.05) is 11.9 Å². The van der Waals surface area contributed by atoms with Crippen LogP contribution in [0.25, 0.3) is 0 Å². The molecule has 0 aliphatic carbocycles. The summed E-state index contributed by atoms with van der Waals surface area (Å²) in [4.78, 5) is 12.1. The maximum Gasteiger partial charge on any atom is 0.168 e. The first-order valence-corrected chi connectivity index (χ1v) is 11.3. The summed E-state index contributed by atoms with van der Waals surface area (Å²) < 4.78 is 5.90. The average Bonchev–Trinajstić information content (AvgIpc) is 3.24. The fourth-order valence-corrected chi connectivity index (χ4v) is 4.07. The minimum Gasteiger partial charge on any atom is -0.486 e. The van der Waals surface area contributed by atoms with Gasteiger partial charge in [0.15, 0.2) is 11.6 Å². The Labute approximate surface area is 197 Å². The van der Waals surface area contributed by atoms with Crippen molar-refractivity contribution < 1.29 is 4.74 Å². The molecule has 168 valence electrons. The molecule has 33 heavy (non-hydrogen) atoms. The molecule has 2 aromatic heterocycles. The summed E-state index contributed by atoms with van der Waals surface area (Å²) >= 11 is 5.97. The van der Waals surface area contributed by atoms with Crippen LogP contribution in [-0.2, 0) is 26.1 Å². The van der Waals surface area contributed by atoms with Crippen molar-refractivity contribution in [1.29, 1.82) is 0 Å². The van der Waals surface area contributed by atoms with E-state index in [1.54, 1.807) is 12.1 Å². The number of hydrogen-bond donors (Lipinski definition) is 2. The molecule has 0 radical (unpaired) electrons. The number of fused-ring (bicyclic) bond motifs is 1. The number of nitrogens with zero attached hydrogens (tertiary/aromatic N) is 4. The first kappa shape index (κ1) is 21.4. The van der Waals surface area contributed by atoms with Crippen LogP contribution in [0, 0.1) is 6.92 Å². The van der Waals surface area contributed by atoms with Gasteiger partial charge in [-0.3, -0.25) is 10.00 Å². The van der Waals surface area contributed by atoms with E-state index in [9.17, 15) is 0 Å². The van der Waals surface area contributed by atoms with Gasteiger partial charge in [-0.25, -0.2) is 9.97 Å². The van der Waals surface area contributed by atoms with Crippen LogP contribution in [-0.4, -0.2) is 31.6 Å². The van der Waals surface area contributed by atoms with Gasteiger partial charge in [0.2, 0.25) is 0 Å². The highest BCUT2D eigenvalue weighted by molar-refractivity contribution is 6.30. The Morgan fingerprint density at radius 1 is 1.09 bits per heavy atom. The van der Waals surface area contributed by atoms with Gasteiger partial charge in [0.25, 0.3) is 0 Å². The second-order valence-electron chi connectivity index (χ2n) is 8.16. The number of benzene rings is 2. The molecule has 0 spiro atoms. The molecule has 1 aliphatic rings. The van der Waals surface area contributed by atoms with Crippen LogP contribution < -0.4 is 10.1 Å². The van der Waals surface area contributed by atoms with E-state index < -0.39 is 0 Å². The normalized spacial score (nSPS) is 13.5. The average molecular weight is 461 g/mol. The van der Waals surface area contributed by atoms with E-state index in [-0.39, 0.29) is 6.61 Å². The number of aromatic amines is 1. The fraction of sp³-hybridized carbons (Fsp3) is 0.240. The Hall–Kier alpha value is -3.42. The van der Waals surface area contributed by atoms with E-state index in [0.717, 1.165) is 60.4 Å². The van der Waals surface area contributed by atoms with Crippen LogP contribution >= 0.6 is 11.6 Å². The molecule has 0 saturated carbocycles. The van der Waals surface area contributed by atoms with Crippen molar-refractivity contribution in [3.8, 4) is 5.75 Å². The molecule has 0 amide bonds. The van der Waals surface area contributed by atoms with Crippen molar-refractivity contribution in [1.82, 2.24) is 25.1 Å². The van der Waals surface area contributed by atoms with Crippen LogP contribution in [0.15, 0.2) is 60.7 Å². The van der Waals surface area contributed by atoms with E-state index in [4.69, 9.17) is 26.3 Å². The van der Waals surface area contributed by atoms with Gasteiger partial charge in [0.1, 0.15) is 18.2 Å². The number of halogens is 1. The van der Waals surface area contributed by atoms with Crippen molar-refractivity contribution >= 4 is 23.2 Å². The number of anilines is 2. The van der Waals surface area contributed by atoms with Crippen LogP contribution in [0.1, 0.15) is 28.3 Å². The molecule has 3 heterocycles. The summed E-state index contributed by atoms with van der Waals surface area (Å²) in [6, 6.07) is 19.8. The lowest BCUT2D eigenvalue weighted by Crippen LogP contribution is -2.32. The Morgan fingerprint density at radius 2 is 1.91 bits per heavy atom. The highest BCUT2D eigenvalue weighted by atomic mass is 35.5. The fourth-order valence-electron chi connectivity index (χ4n) is 3.95. The topological polar surface area (TPSA) is 79.0 Å². The van der Waals surface area contributed by atoms with E-state index in [1.165, 1.54) is 5.56 Å². The van der Waals surface area contributed by atoms with Gasteiger partial charge >= 0.3 is 0 Å².